The number of fused-ring (bicyclic) bond motifs is 3. The summed E-state index contributed by atoms with van der Waals surface area (Å²) in [4.78, 5) is 18.3. The number of hydroxylamine groups is 2. The molecule has 5 heteroatoms. The molecule has 2 aliphatic rings. The number of nitrogens with one attached hydrogen (secondary N) is 1. The lowest BCUT2D eigenvalue weighted by Crippen LogP contribution is -2.61. The summed E-state index contributed by atoms with van der Waals surface area (Å²) in [5, 5.41) is 5.06. The van der Waals surface area contributed by atoms with Crippen LogP contribution in [0.15, 0.2) is 18.2 Å². The van der Waals surface area contributed by atoms with Crippen LogP contribution in [0.5, 0.6) is 5.75 Å². The number of nitrogens with zero attached hydrogens (tertiary/aromatic N) is 1. The van der Waals surface area contributed by atoms with Crippen LogP contribution in [0, 0.1) is 0 Å². The van der Waals surface area contributed by atoms with E-state index >= 15 is 0 Å². The van der Waals surface area contributed by atoms with E-state index in [-0.39, 0.29) is 24.0 Å². The quantitative estimate of drug-likeness (QED) is 0.929. The summed E-state index contributed by atoms with van der Waals surface area (Å²) in [5.41, 5.74) is 2.25. The predicted molar refractivity (Wildman–Crippen MR) is 90.0 cm³/mol. The standard InChI is InChI=1S/C16H22N2O3.C2H6/c1-4-13-15-12-7-6-11(20-3)8-10(12)9-21-18(15)16(19)14(5-2)17-13;1-2/h6-8,13-15,17H,4-5,9H2,1-3H3;1-2H3. The maximum Gasteiger partial charge on any atom is 0.263 e. The van der Waals surface area contributed by atoms with Gasteiger partial charge in [0.1, 0.15) is 18.4 Å². The lowest BCUT2D eigenvalue weighted by molar-refractivity contribution is -0.228. The molecule has 5 nitrogen and oxygen atoms in total. The zero-order valence-corrected chi connectivity index (χ0v) is 14.8. The summed E-state index contributed by atoms with van der Waals surface area (Å²) in [6.45, 7) is 8.57. The molecule has 0 radical (unpaired) electrons. The fraction of sp³-hybridized carbons (Fsp3) is 0.611. The molecule has 3 rings (SSSR count). The number of carbonyl (C=O) groups is 1. The highest BCUT2D eigenvalue weighted by atomic mass is 16.7. The van der Waals surface area contributed by atoms with Gasteiger partial charge in [-0.2, -0.15) is 0 Å². The topological polar surface area (TPSA) is 50.8 Å². The fourth-order valence-electron chi connectivity index (χ4n) is 3.26. The van der Waals surface area contributed by atoms with E-state index in [1.54, 1.807) is 12.2 Å². The van der Waals surface area contributed by atoms with Crippen LogP contribution in [0.2, 0.25) is 0 Å². The normalized spacial score (nSPS) is 25.9. The average Bonchev–Trinajstić information content (AvgIpc) is 2.63. The number of hydrogen-bond acceptors (Lipinski definition) is 4. The second-order valence-corrected chi connectivity index (χ2v) is 5.59. The van der Waals surface area contributed by atoms with Gasteiger partial charge in [0.15, 0.2) is 0 Å². The van der Waals surface area contributed by atoms with Crippen molar-refractivity contribution in [2.75, 3.05) is 7.11 Å². The van der Waals surface area contributed by atoms with Crippen LogP contribution in [0.1, 0.15) is 57.7 Å². The van der Waals surface area contributed by atoms with Gasteiger partial charge >= 0.3 is 0 Å². The molecule has 1 amide bonds. The van der Waals surface area contributed by atoms with Gasteiger partial charge in [0.05, 0.1) is 13.2 Å². The number of benzene rings is 1. The molecule has 1 aromatic rings. The van der Waals surface area contributed by atoms with E-state index < -0.39 is 0 Å². The molecule has 0 spiro atoms. The third-order valence-corrected chi connectivity index (χ3v) is 4.44. The first-order valence-electron chi connectivity index (χ1n) is 8.58. The van der Waals surface area contributed by atoms with E-state index in [0.717, 1.165) is 29.7 Å². The van der Waals surface area contributed by atoms with E-state index in [1.807, 2.05) is 32.9 Å². The third kappa shape index (κ3) is 3.21. The lowest BCUT2D eigenvalue weighted by Gasteiger charge is -2.46. The molecule has 23 heavy (non-hydrogen) atoms. The SMILES string of the molecule is CC.CCC1NC(CC)C2c3ccc(OC)cc3CON2C1=O. The minimum atomic E-state index is -0.147. The second kappa shape index (κ2) is 7.79. The molecule has 0 aliphatic carbocycles. The highest BCUT2D eigenvalue weighted by Gasteiger charge is 2.44. The van der Waals surface area contributed by atoms with E-state index in [2.05, 4.69) is 18.3 Å². The van der Waals surface area contributed by atoms with Gasteiger partial charge in [-0.05, 0) is 36.1 Å². The molecule has 128 valence electrons. The van der Waals surface area contributed by atoms with Crippen molar-refractivity contribution in [3.05, 3.63) is 29.3 Å². The number of ether oxygens (including phenoxy) is 1. The minimum absolute atomic E-state index is 0.0358. The van der Waals surface area contributed by atoms with Crippen LogP contribution >= 0.6 is 0 Å². The molecular formula is C18H28N2O3. The molecule has 1 fully saturated rings. The lowest BCUT2D eigenvalue weighted by atomic mass is 9.88. The molecule has 2 heterocycles. The maximum atomic E-state index is 12.5. The van der Waals surface area contributed by atoms with Crippen molar-refractivity contribution in [1.82, 2.24) is 10.4 Å². The van der Waals surface area contributed by atoms with Gasteiger partial charge in [-0.15, -0.1) is 0 Å². The molecule has 2 aliphatic heterocycles. The van der Waals surface area contributed by atoms with Crippen molar-refractivity contribution < 1.29 is 14.4 Å². The monoisotopic (exact) mass is 320 g/mol. The number of piperazine rings is 1. The van der Waals surface area contributed by atoms with E-state index in [1.165, 1.54) is 0 Å². The molecule has 3 atom stereocenters. The number of rotatable bonds is 3. The zero-order chi connectivity index (χ0) is 17.0. The molecule has 0 bridgehead atoms. The number of methoxy groups -OCH3 is 1. The Kier molecular flexibility index (Phi) is 6.02. The Balaban J connectivity index is 0.000000924. The van der Waals surface area contributed by atoms with E-state index in [4.69, 9.17) is 9.57 Å². The van der Waals surface area contributed by atoms with Gasteiger partial charge in [0.2, 0.25) is 0 Å². The summed E-state index contributed by atoms with van der Waals surface area (Å²) in [7, 11) is 1.66. The minimum Gasteiger partial charge on any atom is -0.497 e. The molecular weight excluding hydrogens is 292 g/mol. The fourth-order valence-corrected chi connectivity index (χ4v) is 3.26. The summed E-state index contributed by atoms with van der Waals surface area (Å²) < 4.78 is 5.27. The van der Waals surface area contributed by atoms with Gasteiger partial charge in [0.25, 0.3) is 5.91 Å². The first kappa shape index (κ1) is 17.8. The van der Waals surface area contributed by atoms with Gasteiger partial charge in [-0.3, -0.25) is 9.63 Å². The molecule has 1 saturated heterocycles. The number of hydrogen-bond donors (Lipinski definition) is 1. The van der Waals surface area contributed by atoms with Crippen molar-refractivity contribution in [2.45, 2.75) is 65.3 Å². The maximum absolute atomic E-state index is 12.5. The van der Waals surface area contributed by atoms with Crippen molar-refractivity contribution in [1.29, 1.82) is 0 Å². The zero-order valence-electron chi connectivity index (χ0n) is 14.8. The Hall–Kier alpha value is -1.59. The first-order valence-corrected chi connectivity index (χ1v) is 8.58. The van der Waals surface area contributed by atoms with Gasteiger partial charge in [-0.25, -0.2) is 5.06 Å². The highest BCUT2D eigenvalue weighted by molar-refractivity contribution is 5.82. The van der Waals surface area contributed by atoms with Gasteiger partial charge in [-0.1, -0.05) is 33.8 Å². The van der Waals surface area contributed by atoms with E-state index in [0.29, 0.717) is 6.61 Å². The van der Waals surface area contributed by atoms with E-state index in [9.17, 15) is 4.79 Å². The Morgan fingerprint density at radius 2 is 2.04 bits per heavy atom. The molecule has 1 aromatic carbocycles. The summed E-state index contributed by atoms with van der Waals surface area (Å²) >= 11 is 0. The van der Waals surface area contributed by atoms with Gasteiger partial charge < -0.3 is 10.1 Å². The largest absolute Gasteiger partial charge is 0.497 e. The Morgan fingerprint density at radius 1 is 1.30 bits per heavy atom. The summed E-state index contributed by atoms with van der Waals surface area (Å²) in [6, 6.07) is 6.01. The van der Waals surface area contributed by atoms with Crippen molar-refractivity contribution in [2.24, 2.45) is 0 Å². The van der Waals surface area contributed by atoms with Crippen molar-refractivity contribution in [3.8, 4) is 5.75 Å². The predicted octanol–water partition coefficient (Wildman–Crippen LogP) is 3.20. The van der Waals surface area contributed by atoms with Crippen LogP contribution < -0.4 is 10.1 Å². The van der Waals surface area contributed by atoms with Crippen LogP contribution in [0.3, 0.4) is 0 Å². The Labute approximate surface area is 138 Å². The molecule has 0 saturated carbocycles. The Morgan fingerprint density at radius 3 is 2.65 bits per heavy atom. The third-order valence-electron chi connectivity index (χ3n) is 4.44. The number of carbonyl (C=O) groups excluding carboxylic acids is 1. The Bertz CT molecular complexity index is 547. The smallest absolute Gasteiger partial charge is 0.263 e. The number of amides is 1. The summed E-state index contributed by atoms with van der Waals surface area (Å²) in [6.07, 6.45) is 1.72. The van der Waals surface area contributed by atoms with Crippen LogP contribution in [0.25, 0.3) is 0 Å². The highest BCUT2D eigenvalue weighted by Crippen LogP contribution is 2.38. The van der Waals surface area contributed by atoms with Crippen LogP contribution in [-0.2, 0) is 16.2 Å². The van der Waals surface area contributed by atoms with Crippen molar-refractivity contribution in [3.63, 3.8) is 0 Å². The summed E-state index contributed by atoms with van der Waals surface area (Å²) in [5.74, 6) is 0.856. The molecule has 0 aromatic heterocycles. The first-order chi connectivity index (χ1) is 11.2. The van der Waals surface area contributed by atoms with Crippen molar-refractivity contribution >= 4 is 5.91 Å². The van der Waals surface area contributed by atoms with Crippen LogP contribution in [0.4, 0.5) is 0 Å². The van der Waals surface area contributed by atoms with Gasteiger partial charge in [0, 0.05) is 6.04 Å². The van der Waals surface area contributed by atoms with Crippen LogP contribution in [-0.4, -0.2) is 30.2 Å². The average molecular weight is 320 g/mol. The second-order valence-electron chi connectivity index (χ2n) is 5.59. The molecule has 3 unspecified atom stereocenters. The molecule has 1 N–H and O–H groups in total.